The molecule has 0 unspecified atom stereocenters. The van der Waals surface area contributed by atoms with E-state index < -0.39 is 0 Å². The first-order chi connectivity index (χ1) is 9.69. The minimum Gasteiger partial charge on any atom is -0.506 e. The Morgan fingerprint density at radius 3 is 2.70 bits per heavy atom. The van der Waals surface area contributed by atoms with Gasteiger partial charge in [-0.05, 0) is 51.1 Å². The fourth-order valence-corrected chi connectivity index (χ4v) is 2.51. The number of unbranched alkanes of at least 4 members (excludes halogenated alkanes) is 1. The van der Waals surface area contributed by atoms with E-state index in [1.165, 1.54) is 39.1 Å². The molecular formula is C16H25N3O. The fraction of sp³-hybridized carbons (Fsp3) is 0.562. The molecular weight excluding hydrogens is 250 g/mol. The van der Waals surface area contributed by atoms with Crippen LogP contribution in [0.5, 0.6) is 5.75 Å². The minimum absolute atomic E-state index is 0.209. The Balaban J connectivity index is 1.69. The van der Waals surface area contributed by atoms with Crippen molar-refractivity contribution in [3.05, 3.63) is 30.1 Å². The van der Waals surface area contributed by atoms with Gasteiger partial charge >= 0.3 is 0 Å². The highest BCUT2D eigenvalue weighted by Gasteiger charge is 2.12. The number of nitrogens with zero attached hydrogens (tertiary/aromatic N) is 3. The van der Waals surface area contributed by atoms with Crippen molar-refractivity contribution in [3.63, 3.8) is 0 Å². The molecule has 0 saturated carbocycles. The third kappa shape index (κ3) is 4.32. The van der Waals surface area contributed by atoms with Crippen molar-refractivity contribution in [2.75, 3.05) is 39.8 Å². The van der Waals surface area contributed by atoms with Crippen LogP contribution in [0, 0.1) is 0 Å². The average Bonchev–Trinajstić information content (AvgIpc) is 2.47. The smallest absolute Gasteiger partial charge is 0.141 e. The maximum absolute atomic E-state index is 9.55. The quantitative estimate of drug-likeness (QED) is 0.806. The van der Waals surface area contributed by atoms with Gasteiger partial charge in [0, 0.05) is 31.9 Å². The standard InChI is InChI=1S/C16H25N3O/c1-3-15-16(20)8-7-14(17-15)6-4-5-9-19-12-10-18(2)11-13-19/h3,7-8,20H,1,4-6,9-13H2,2H3. The zero-order chi connectivity index (χ0) is 14.4. The molecule has 1 aliphatic heterocycles. The first kappa shape index (κ1) is 15.0. The Morgan fingerprint density at radius 1 is 1.25 bits per heavy atom. The normalized spacial score (nSPS) is 17.2. The number of pyridine rings is 1. The molecule has 110 valence electrons. The third-order valence-electron chi connectivity index (χ3n) is 3.91. The number of rotatable bonds is 6. The first-order valence-electron chi connectivity index (χ1n) is 7.41. The molecule has 2 rings (SSSR count). The SMILES string of the molecule is C=Cc1nc(CCCCN2CCN(C)CC2)ccc1O. The Morgan fingerprint density at radius 2 is 2.00 bits per heavy atom. The highest BCUT2D eigenvalue weighted by atomic mass is 16.3. The van der Waals surface area contributed by atoms with Crippen molar-refractivity contribution in [2.45, 2.75) is 19.3 Å². The summed E-state index contributed by atoms with van der Waals surface area (Å²) in [5, 5.41) is 9.55. The zero-order valence-corrected chi connectivity index (χ0v) is 12.4. The van der Waals surface area contributed by atoms with Gasteiger partial charge in [-0.25, -0.2) is 4.98 Å². The maximum Gasteiger partial charge on any atom is 0.141 e. The summed E-state index contributed by atoms with van der Waals surface area (Å²) in [6, 6.07) is 3.61. The van der Waals surface area contributed by atoms with Gasteiger partial charge < -0.3 is 14.9 Å². The van der Waals surface area contributed by atoms with Crippen molar-refractivity contribution in [1.29, 1.82) is 0 Å². The van der Waals surface area contributed by atoms with E-state index in [9.17, 15) is 5.11 Å². The Labute approximate surface area is 121 Å². The molecule has 0 radical (unpaired) electrons. The van der Waals surface area contributed by atoms with Crippen LogP contribution in [0.1, 0.15) is 24.2 Å². The molecule has 1 aromatic rings. The van der Waals surface area contributed by atoms with Gasteiger partial charge in [0.1, 0.15) is 11.4 Å². The topological polar surface area (TPSA) is 39.6 Å². The lowest BCUT2D eigenvalue weighted by Crippen LogP contribution is -2.44. The molecule has 0 amide bonds. The van der Waals surface area contributed by atoms with Crippen LogP contribution in [0.15, 0.2) is 18.7 Å². The van der Waals surface area contributed by atoms with Gasteiger partial charge in [0.2, 0.25) is 0 Å². The van der Waals surface area contributed by atoms with Crippen molar-refractivity contribution >= 4 is 6.08 Å². The summed E-state index contributed by atoms with van der Waals surface area (Å²) < 4.78 is 0. The Hall–Kier alpha value is -1.39. The number of aryl methyl sites for hydroxylation is 1. The molecule has 1 aromatic heterocycles. The van der Waals surface area contributed by atoms with Crippen LogP contribution in [0.4, 0.5) is 0 Å². The highest BCUT2D eigenvalue weighted by Crippen LogP contribution is 2.16. The third-order valence-corrected chi connectivity index (χ3v) is 3.91. The van der Waals surface area contributed by atoms with Crippen molar-refractivity contribution in [1.82, 2.24) is 14.8 Å². The van der Waals surface area contributed by atoms with E-state index in [1.807, 2.05) is 6.07 Å². The van der Waals surface area contributed by atoms with E-state index in [0.717, 1.165) is 18.5 Å². The molecule has 0 aromatic carbocycles. The fourth-order valence-electron chi connectivity index (χ4n) is 2.51. The van der Waals surface area contributed by atoms with Crippen molar-refractivity contribution < 1.29 is 5.11 Å². The molecule has 1 fully saturated rings. The average molecular weight is 275 g/mol. The van der Waals surface area contributed by atoms with Crippen LogP contribution in [-0.2, 0) is 6.42 Å². The molecule has 0 atom stereocenters. The van der Waals surface area contributed by atoms with Crippen LogP contribution in [0.2, 0.25) is 0 Å². The van der Waals surface area contributed by atoms with Crippen LogP contribution in [0.25, 0.3) is 6.08 Å². The molecule has 2 heterocycles. The van der Waals surface area contributed by atoms with E-state index >= 15 is 0 Å². The van der Waals surface area contributed by atoms with Crippen molar-refractivity contribution in [3.8, 4) is 5.75 Å². The van der Waals surface area contributed by atoms with Gasteiger partial charge in [-0.2, -0.15) is 0 Å². The summed E-state index contributed by atoms with van der Waals surface area (Å²) >= 11 is 0. The predicted octanol–water partition coefficient (Wildman–Crippen LogP) is 2.00. The van der Waals surface area contributed by atoms with E-state index in [-0.39, 0.29) is 5.75 Å². The Kier molecular flexibility index (Phi) is 5.56. The van der Waals surface area contributed by atoms with Gasteiger partial charge in [0.25, 0.3) is 0 Å². The number of aromatic hydroxyl groups is 1. The molecule has 0 spiro atoms. The van der Waals surface area contributed by atoms with Crippen LogP contribution in [0.3, 0.4) is 0 Å². The lowest BCUT2D eigenvalue weighted by atomic mass is 10.1. The second-order valence-electron chi connectivity index (χ2n) is 5.51. The number of aromatic nitrogens is 1. The summed E-state index contributed by atoms with van der Waals surface area (Å²) in [6.45, 7) is 9.59. The van der Waals surface area contributed by atoms with Crippen LogP contribution >= 0.6 is 0 Å². The number of likely N-dealkylation sites (N-methyl/N-ethyl adjacent to an activating group) is 1. The zero-order valence-electron chi connectivity index (χ0n) is 12.4. The number of hydrogen-bond donors (Lipinski definition) is 1. The lowest BCUT2D eigenvalue weighted by Gasteiger charge is -2.32. The number of piperazine rings is 1. The predicted molar refractivity (Wildman–Crippen MR) is 82.9 cm³/mol. The summed E-state index contributed by atoms with van der Waals surface area (Å²) in [7, 11) is 2.19. The molecule has 0 aliphatic carbocycles. The molecule has 1 aliphatic rings. The van der Waals surface area contributed by atoms with Gasteiger partial charge in [-0.1, -0.05) is 6.58 Å². The molecule has 0 bridgehead atoms. The molecule has 4 heteroatoms. The Bertz CT molecular complexity index is 439. The lowest BCUT2D eigenvalue weighted by molar-refractivity contribution is 0.152. The van der Waals surface area contributed by atoms with E-state index in [2.05, 4.69) is 28.4 Å². The monoisotopic (exact) mass is 275 g/mol. The largest absolute Gasteiger partial charge is 0.506 e. The maximum atomic E-state index is 9.55. The summed E-state index contributed by atoms with van der Waals surface area (Å²) in [4.78, 5) is 9.32. The first-order valence-corrected chi connectivity index (χ1v) is 7.41. The minimum atomic E-state index is 0.209. The summed E-state index contributed by atoms with van der Waals surface area (Å²) in [5.41, 5.74) is 1.62. The van der Waals surface area contributed by atoms with Gasteiger partial charge in [0.15, 0.2) is 0 Å². The van der Waals surface area contributed by atoms with Gasteiger partial charge in [-0.3, -0.25) is 0 Å². The van der Waals surface area contributed by atoms with E-state index in [0.29, 0.717) is 5.69 Å². The van der Waals surface area contributed by atoms with Gasteiger partial charge in [-0.15, -0.1) is 0 Å². The van der Waals surface area contributed by atoms with Crippen molar-refractivity contribution in [2.24, 2.45) is 0 Å². The second kappa shape index (κ2) is 7.41. The van der Waals surface area contributed by atoms with E-state index in [1.54, 1.807) is 12.1 Å². The summed E-state index contributed by atoms with van der Waals surface area (Å²) in [6.07, 6.45) is 4.91. The van der Waals surface area contributed by atoms with Crippen LogP contribution < -0.4 is 0 Å². The molecule has 20 heavy (non-hydrogen) atoms. The summed E-state index contributed by atoms with van der Waals surface area (Å²) in [5.74, 6) is 0.209. The van der Waals surface area contributed by atoms with Gasteiger partial charge in [0.05, 0.1) is 0 Å². The number of hydrogen-bond acceptors (Lipinski definition) is 4. The highest BCUT2D eigenvalue weighted by molar-refractivity contribution is 5.50. The molecule has 1 N–H and O–H groups in total. The molecule has 1 saturated heterocycles. The second-order valence-corrected chi connectivity index (χ2v) is 5.51. The molecule has 4 nitrogen and oxygen atoms in total. The van der Waals surface area contributed by atoms with Crippen LogP contribution in [-0.4, -0.2) is 59.7 Å². The van der Waals surface area contributed by atoms with E-state index in [4.69, 9.17) is 0 Å².